The van der Waals surface area contributed by atoms with Crippen LogP contribution in [0.1, 0.15) is 11.1 Å². The first kappa shape index (κ1) is 6.25. The molecule has 1 aromatic rings. The van der Waals surface area contributed by atoms with Crippen molar-refractivity contribution in [1.29, 1.82) is 0 Å². The summed E-state index contributed by atoms with van der Waals surface area (Å²) in [6.07, 6.45) is 0. The van der Waals surface area contributed by atoms with E-state index in [4.69, 9.17) is 0 Å². The van der Waals surface area contributed by atoms with Gasteiger partial charge in [0.05, 0.1) is 0 Å². The van der Waals surface area contributed by atoms with Gasteiger partial charge in [-0.3, -0.25) is 0 Å². The standard InChI is InChI=1S/C6H9PS/c1-4-3-8-6(7)5(4)2/h3H,7H2,1-2H3. The van der Waals surface area contributed by atoms with Crippen molar-refractivity contribution in [3.05, 3.63) is 16.5 Å². The van der Waals surface area contributed by atoms with E-state index in [0.717, 1.165) is 0 Å². The van der Waals surface area contributed by atoms with E-state index in [0.29, 0.717) is 0 Å². The van der Waals surface area contributed by atoms with Gasteiger partial charge in [-0.25, -0.2) is 0 Å². The van der Waals surface area contributed by atoms with Crippen molar-refractivity contribution < 1.29 is 0 Å². The number of thiophene rings is 1. The molecule has 0 nitrogen and oxygen atoms in total. The summed E-state index contributed by atoms with van der Waals surface area (Å²) in [6, 6.07) is 0. The summed E-state index contributed by atoms with van der Waals surface area (Å²) < 4.78 is 1.36. The van der Waals surface area contributed by atoms with E-state index in [-0.39, 0.29) is 0 Å². The molecule has 0 aliphatic heterocycles. The Morgan fingerprint density at radius 3 is 2.25 bits per heavy atom. The summed E-state index contributed by atoms with van der Waals surface area (Å²) in [5.74, 6) is 0. The monoisotopic (exact) mass is 144 g/mol. The molecule has 0 aliphatic rings. The van der Waals surface area contributed by atoms with Crippen LogP contribution in [0.4, 0.5) is 0 Å². The number of hydrogen-bond acceptors (Lipinski definition) is 1. The second kappa shape index (κ2) is 2.16. The van der Waals surface area contributed by atoms with Gasteiger partial charge >= 0.3 is 0 Å². The maximum absolute atomic E-state index is 2.73. The average Bonchev–Trinajstić information content (AvgIpc) is 1.98. The van der Waals surface area contributed by atoms with Crippen LogP contribution in [-0.4, -0.2) is 0 Å². The van der Waals surface area contributed by atoms with Crippen molar-refractivity contribution in [1.82, 2.24) is 0 Å². The van der Waals surface area contributed by atoms with Crippen LogP contribution in [0.15, 0.2) is 5.38 Å². The molecule has 1 rings (SSSR count). The van der Waals surface area contributed by atoms with Gasteiger partial charge in [0.1, 0.15) is 0 Å². The molecule has 1 unspecified atom stereocenters. The highest BCUT2D eigenvalue weighted by molar-refractivity contribution is 7.43. The molecule has 2 heteroatoms. The third kappa shape index (κ3) is 0.936. The van der Waals surface area contributed by atoms with Crippen molar-refractivity contribution in [2.24, 2.45) is 0 Å². The number of aryl methyl sites for hydroxylation is 1. The van der Waals surface area contributed by atoms with E-state index < -0.39 is 0 Å². The predicted octanol–water partition coefficient (Wildman–Crippen LogP) is 1.87. The van der Waals surface area contributed by atoms with Crippen LogP contribution >= 0.6 is 20.6 Å². The largest absolute Gasteiger partial charge is 0.144 e. The Hall–Kier alpha value is 0.130. The molecule has 0 N–H and O–H groups in total. The Kier molecular flexibility index (Phi) is 1.69. The molecule has 1 atom stereocenters. The lowest BCUT2D eigenvalue weighted by atomic mass is 10.2. The molecule has 0 saturated carbocycles. The lowest BCUT2D eigenvalue weighted by Crippen LogP contribution is -1.85. The second-order valence-corrected chi connectivity index (χ2v) is 3.81. The minimum Gasteiger partial charge on any atom is -0.144 e. The molecule has 0 saturated heterocycles. The second-order valence-electron chi connectivity index (χ2n) is 1.91. The quantitative estimate of drug-likeness (QED) is 0.487. The minimum atomic E-state index is 1.36. The fourth-order valence-corrected chi connectivity index (χ4v) is 1.77. The van der Waals surface area contributed by atoms with E-state index in [1.54, 1.807) is 11.3 Å². The Labute approximate surface area is 56.1 Å². The molecule has 0 aromatic carbocycles. The van der Waals surface area contributed by atoms with Crippen LogP contribution in [0.3, 0.4) is 0 Å². The molecule has 0 fully saturated rings. The zero-order valence-electron chi connectivity index (χ0n) is 5.06. The summed E-state index contributed by atoms with van der Waals surface area (Å²) in [4.78, 5) is 0. The van der Waals surface area contributed by atoms with Gasteiger partial charge in [-0.2, -0.15) is 0 Å². The molecular weight excluding hydrogens is 135 g/mol. The van der Waals surface area contributed by atoms with Crippen molar-refractivity contribution in [2.75, 3.05) is 0 Å². The van der Waals surface area contributed by atoms with Crippen LogP contribution in [0.2, 0.25) is 0 Å². The van der Waals surface area contributed by atoms with Crippen molar-refractivity contribution >= 4 is 25.2 Å². The first-order valence-electron chi connectivity index (χ1n) is 2.52. The Morgan fingerprint density at radius 1 is 1.50 bits per heavy atom. The van der Waals surface area contributed by atoms with Gasteiger partial charge in [-0.1, -0.05) is 9.24 Å². The topological polar surface area (TPSA) is 0 Å². The van der Waals surface area contributed by atoms with Crippen LogP contribution < -0.4 is 4.62 Å². The highest BCUT2D eigenvalue weighted by Crippen LogP contribution is 2.11. The molecule has 1 aromatic heterocycles. The summed E-state index contributed by atoms with van der Waals surface area (Å²) in [6.45, 7) is 4.29. The third-order valence-electron chi connectivity index (χ3n) is 1.32. The van der Waals surface area contributed by atoms with Gasteiger partial charge in [0.15, 0.2) is 0 Å². The van der Waals surface area contributed by atoms with E-state index in [2.05, 4.69) is 28.5 Å². The van der Waals surface area contributed by atoms with Gasteiger partial charge < -0.3 is 0 Å². The zero-order chi connectivity index (χ0) is 6.15. The van der Waals surface area contributed by atoms with E-state index >= 15 is 0 Å². The summed E-state index contributed by atoms with van der Waals surface area (Å²) in [5.41, 5.74) is 2.82. The molecular formula is C6H9PS. The lowest BCUT2D eigenvalue weighted by molar-refractivity contribution is 1.42. The molecule has 44 valence electrons. The molecule has 0 bridgehead atoms. The van der Waals surface area contributed by atoms with E-state index in [1.165, 1.54) is 15.7 Å². The summed E-state index contributed by atoms with van der Waals surface area (Å²) in [7, 11) is 2.73. The van der Waals surface area contributed by atoms with Gasteiger partial charge in [0.2, 0.25) is 0 Å². The third-order valence-corrected chi connectivity index (χ3v) is 3.20. The normalized spacial score (nSPS) is 9.88. The van der Waals surface area contributed by atoms with Crippen LogP contribution in [0, 0.1) is 13.8 Å². The van der Waals surface area contributed by atoms with E-state index in [1.807, 2.05) is 0 Å². The number of rotatable bonds is 0. The summed E-state index contributed by atoms with van der Waals surface area (Å²) in [5, 5.41) is 2.18. The predicted molar refractivity (Wildman–Crippen MR) is 43.1 cm³/mol. The van der Waals surface area contributed by atoms with Gasteiger partial charge in [-0.05, 0) is 30.4 Å². The maximum atomic E-state index is 2.73. The van der Waals surface area contributed by atoms with Crippen LogP contribution in [0.5, 0.6) is 0 Å². The van der Waals surface area contributed by atoms with Crippen molar-refractivity contribution in [2.45, 2.75) is 13.8 Å². The Balaban J connectivity index is 3.19. The fourth-order valence-electron chi connectivity index (χ4n) is 0.523. The lowest BCUT2D eigenvalue weighted by Gasteiger charge is -1.86. The van der Waals surface area contributed by atoms with Crippen molar-refractivity contribution in [3.63, 3.8) is 0 Å². The van der Waals surface area contributed by atoms with Crippen molar-refractivity contribution in [3.8, 4) is 0 Å². The molecule has 1 heterocycles. The van der Waals surface area contributed by atoms with E-state index in [9.17, 15) is 0 Å². The van der Waals surface area contributed by atoms with Crippen LogP contribution in [0.25, 0.3) is 0 Å². The minimum absolute atomic E-state index is 1.36. The summed E-state index contributed by atoms with van der Waals surface area (Å²) >= 11 is 1.79. The fraction of sp³-hybridized carbons (Fsp3) is 0.333. The maximum Gasteiger partial charge on any atom is 0.0248 e. The first-order valence-corrected chi connectivity index (χ1v) is 3.97. The van der Waals surface area contributed by atoms with Gasteiger partial charge in [0.25, 0.3) is 0 Å². The Morgan fingerprint density at radius 2 is 2.12 bits per heavy atom. The smallest absolute Gasteiger partial charge is 0.0248 e. The average molecular weight is 144 g/mol. The zero-order valence-corrected chi connectivity index (χ0v) is 7.03. The first-order chi connectivity index (χ1) is 3.72. The molecule has 0 amide bonds. The van der Waals surface area contributed by atoms with Crippen LogP contribution in [-0.2, 0) is 0 Å². The molecule has 0 radical (unpaired) electrons. The van der Waals surface area contributed by atoms with Gasteiger partial charge in [0, 0.05) is 4.62 Å². The highest BCUT2D eigenvalue weighted by Gasteiger charge is 1.95. The molecule has 8 heavy (non-hydrogen) atoms. The SMILES string of the molecule is Cc1csc(P)c1C. The highest BCUT2D eigenvalue weighted by atomic mass is 32.1. The number of hydrogen-bond donors (Lipinski definition) is 0. The van der Waals surface area contributed by atoms with Gasteiger partial charge in [-0.15, -0.1) is 11.3 Å². The molecule has 0 aliphatic carbocycles. The Bertz CT molecular complexity index is 171. The molecule has 0 spiro atoms.